The van der Waals surface area contributed by atoms with E-state index in [1.807, 2.05) is 18.2 Å². The number of carbonyl (C=O) groups is 1. The van der Waals surface area contributed by atoms with Crippen LogP contribution < -0.4 is 0 Å². The van der Waals surface area contributed by atoms with E-state index in [-0.39, 0.29) is 0 Å². The number of allylic oxidation sites excluding steroid dienone is 1. The smallest absolute Gasteiger partial charge is 0.142 e. The predicted octanol–water partition coefficient (Wildman–Crippen LogP) is 6.97. The Labute approximate surface area is 162 Å². The van der Waals surface area contributed by atoms with Crippen LogP contribution in [0.3, 0.4) is 0 Å². The lowest BCUT2D eigenvalue weighted by molar-refractivity contribution is -0.104. The van der Waals surface area contributed by atoms with Crippen LogP contribution in [-0.4, -0.2) is 6.29 Å². The van der Waals surface area contributed by atoms with Crippen molar-refractivity contribution < 1.29 is 4.79 Å². The molecule has 136 valence electrons. The first-order valence-electron chi connectivity index (χ1n) is 9.72. The van der Waals surface area contributed by atoms with Gasteiger partial charge in [0.05, 0.1) is 0 Å². The second-order valence-electron chi connectivity index (χ2n) is 6.85. The van der Waals surface area contributed by atoms with E-state index in [0.717, 1.165) is 11.8 Å². The number of rotatable bonds is 8. The number of benzene rings is 3. The summed E-state index contributed by atoms with van der Waals surface area (Å²) in [6.45, 7) is 2.24. The summed E-state index contributed by atoms with van der Waals surface area (Å²) in [6.07, 6.45) is 9.13. The standard InChI is InChI=1S/C26H26O/c1-2-3-4-6-21-8-12-23(13-9-21)25-16-18-26(19-17-25)24-14-10-22(11-15-24)7-5-20-27/h5,7-20H,2-4,6H2,1H3. The zero-order valence-corrected chi connectivity index (χ0v) is 15.9. The number of aryl methyl sites for hydroxylation is 1. The lowest BCUT2D eigenvalue weighted by Crippen LogP contribution is -1.86. The summed E-state index contributed by atoms with van der Waals surface area (Å²) in [7, 11) is 0. The van der Waals surface area contributed by atoms with Crippen LogP contribution in [0.1, 0.15) is 37.3 Å². The average Bonchev–Trinajstić information content (AvgIpc) is 2.73. The van der Waals surface area contributed by atoms with Gasteiger partial charge in [-0.1, -0.05) is 98.6 Å². The zero-order valence-electron chi connectivity index (χ0n) is 15.9. The molecule has 0 aliphatic carbocycles. The van der Waals surface area contributed by atoms with Crippen molar-refractivity contribution in [1.29, 1.82) is 0 Å². The van der Waals surface area contributed by atoms with Crippen LogP contribution in [0.25, 0.3) is 28.3 Å². The van der Waals surface area contributed by atoms with E-state index < -0.39 is 0 Å². The topological polar surface area (TPSA) is 17.1 Å². The molecule has 0 aromatic heterocycles. The number of aldehydes is 1. The van der Waals surface area contributed by atoms with E-state index in [1.54, 1.807) is 0 Å². The van der Waals surface area contributed by atoms with Gasteiger partial charge in [0.15, 0.2) is 0 Å². The third kappa shape index (κ3) is 5.27. The van der Waals surface area contributed by atoms with E-state index in [2.05, 4.69) is 67.6 Å². The molecule has 0 amide bonds. The molecule has 0 radical (unpaired) electrons. The van der Waals surface area contributed by atoms with Crippen molar-refractivity contribution in [3.8, 4) is 22.3 Å². The van der Waals surface area contributed by atoms with Crippen molar-refractivity contribution in [3.63, 3.8) is 0 Å². The first kappa shape index (κ1) is 18.8. The van der Waals surface area contributed by atoms with E-state index >= 15 is 0 Å². The fraction of sp³-hybridized carbons (Fsp3) is 0.192. The van der Waals surface area contributed by atoms with Gasteiger partial charge in [-0.15, -0.1) is 0 Å². The minimum absolute atomic E-state index is 0.796. The second-order valence-corrected chi connectivity index (χ2v) is 6.85. The van der Waals surface area contributed by atoms with Crippen LogP contribution >= 0.6 is 0 Å². The highest BCUT2D eigenvalue weighted by atomic mass is 16.1. The Bertz CT molecular complexity index is 869. The van der Waals surface area contributed by atoms with E-state index in [4.69, 9.17) is 0 Å². The molecule has 1 heteroatoms. The molecule has 0 saturated heterocycles. The number of unbranched alkanes of at least 4 members (excludes halogenated alkanes) is 2. The van der Waals surface area contributed by atoms with Crippen LogP contribution in [0.2, 0.25) is 0 Å². The Morgan fingerprint density at radius 1 is 0.667 bits per heavy atom. The zero-order chi connectivity index (χ0) is 18.9. The minimum atomic E-state index is 0.796. The van der Waals surface area contributed by atoms with Gasteiger partial charge in [0.25, 0.3) is 0 Å². The van der Waals surface area contributed by atoms with E-state index in [0.29, 0.717) is 0 Å². The van der Waals surface area contributed by atoms with Crippen molar-refractivity contribution >= 4 is 12.4 Å². The molecule has 0 unspecified atom stereocenters. The van der Waals surface area contributed by atoms with Crippen LogP contribution in [0.15, 0.2) is 78.9 Å². The number of hydrogen-bond acceptors (Lipinski definition) is 1. The minimum Gasteiger partial charge on any atom is -0.299 e. The summed E-state index contributed by atoms with van der Waals surface area (Å²) in [5, 5.41) is 0. The molecule has 1 nitrogen and oxygen atoms in total. The Hall–Kier alpha value is -2.93. The predicted molar refractivity (Wildman–Crippen MR) is 116 cm³/mol. The fourth-order valence-corrected chi connectivity index (χ4v) is 3.24. The van der Waals surface area contributed by atoms with E-state index in [9.17, 15) is 4.79 Å². The molecule has 0 bridgehead atoms. The molecule has 0 fully saturated rings. The quantitative estimate of drug-likeness (QED) is 0.243. The van der Waals surface area contributed by atoms with Gasteiger partial charge >= 0.3 is 0 Å². The molecule has 3 aromatic rings. The summed E-state index contributed by atoms with van der Waals surface area (Å²) < 4.78 is 0. The van der Waals surface area contributed by atoms with Gasteiger partial charge in [-0.3, -0.25) is 4.79 Å². The van der Waals surface area contributed by atoms with Gasteiger partial charge in [0.2, 0.25) is 0 Å². The maximum absolute atomic E-state index is 10.4. The summed E-state index contributed by atoms with van der Waals surface area (Å²) in [5.41, 5.74) is 7.32. The Kier molecular flexibility index (Phi) is 6.76. The third-order valence-electron chi connectivity index (χ3n) is 4.85. The van der Waals surface area contributed by atoms with Gasteiger partial charge < -0.3 is 0 Å². The second kappa shape index (κ2) is 9.68. The van der Waals surface area contributed by atoms with Gasteiger partial charge in [-0.2, -0.15) is 0 Å². The molecule has 3 rings (SSSR count). The first-order chi connectivity index (χ1) is 13.3. The number of carbonyl (C=O) groups excluding carboxylic acids is 1. The highest BCUT2D eigenvalue weighted by Crippen LogP contribution is 2.26. The van der Waals surface area contributed by atoms with Crippen molar-refractivity contribution in [2.75, 3.05) is 0 Å². The van der Waals surface area contributed by atoms with Crippen LogP contribution in [0.5, 0.6) is 0 Å². The van der Waals surface area contributed by atoms with E-state index in [1.165, 1.54) is 59.6 Å². The molecular formula is C26H26O. The molecule has 3 aromatic carbocycles. The normalized spacial score (nSPS) is 11.0. The SMILES string of the molecule is CCCCCc1ccc(-c2ccc(-c3ccc(C=CC=O)cc3)cc2)cc1. The molecular weight excluding hydrogens is 328 g/mol. The maximum Gasteiger partial charge on any atom is 0.142 e. The first-order valence-corrected chi connectivity index (χ1v) is 9.72. The lowest BCUT2D eigenvalue weighted by Gasteiger charge is -2.07. The Balaban J connectivity index is 1.69. The van der Waals surface area contributed by atoms with Crippen molar-refractivity contribution in [3.05, 3.63) is 90.0 Å². The maximum atomic E-state index is 10.4. The molecule has 0 saturated carbocycles. The molecule has 0 atom stereocenters. The molecule has 27 heavy (non-hydrogen) atoms. The van der Waals surface area contributed by atoms with Crippen molar-refractivity contribution in [1.82, 2.24) is 0 Å². The van der Waals surface area contributed by atoms with Gasteiger partial charge in [-0.05, 0) is 52.3 Å². The van der Waals surface area contributed by atoms with Crippen LogP contribution in [0.4, 0.5) is 0 Å². The monoisotopic (exact) mass is 354 g/mol. The summed E-state index contributed by atoms with van der Waals surface area (Å²) in [6, 6.07) is 25.9. The van der Waals surface area contributed by atoms with Crippen molar-refractivity contribution in [2.24, 2.45) is 0 Å². The molecule has 0 aliphatic rings. The highest BCUT2D eigenvalue weighted by molar-refractivity contribution is 5.75. The lowest BCUT2D eigenvalue weighted by atomic mass is 9.98. The molecule has 0 aliphatic heterocycles. The van der Waals surface area contributed by atoms with Gasteiger partial charge in [0.1, 0.15) is 6.29 Å². The summed E-state index contributed by atoms with van der Waals surface area (Å²) >= 11 is 0. The average molecular weight is 354 g/mol. The third-order valence-corrected chi connectivity index (χ3v) is 4.85. The van der Waals surface area contributed by atoms with Gasteiger partial charge in [-0.25, -0.2) is 0 Å². The fourth-order valence-electron chi connectivity index (χ4n) is 3.24. The largest absolute Gasteiger partial charge is 0.299 e. The summed E-state index contributed by atoms with van der Waals surface area (Å²) in [5.74, 6) is 0. The Morgan fingerprint density at radius 3 is 1.63 bits per heavy atom. The van der Waals surface area contributed by atoms with Crippen molar-refractivity contribution in [2.45, 2.75) is 32.6 Å². The molecule has 0 heterocycles. The number of hydrogen-bond donors (Lipinski definition) is 0. The van der Waals surface area contributed by atoms with Crippen LogP contribution in [-0.2, 0) is 11.2 Å². The Morgan fingerprint density at radius 2 is 1.15 bits per heavy atom. The molecule has 0 N–H and O–H groups in total. The van der Waals surface area contributed by atoms with Crippen LogP contribution in [0, 0.1) is 0 Å². The highest BCUT2D eigenvalue weighted by Gasteiger charge is 2.01. The molecule has 0 spiro atoms. The summed E-state index contributed by atoms with van der Waals surface area (Å²) in [4.78, 5) is 10.4. The van der Waals surface area contributed by atoms with Gasteiger partial charge in [0, 0.05) is 0 Å².